The number of H-pyrrole nitrogens is 1. The highest BCUT2D eigenvalue weighted by Gasteiger charge is 2.10. The minimum Gasteiger partial charge on any atom is -0.382 e. The first kappa shape index (κ1) is 11.2. The second kappa shape index (κ2) is 4.28. The highest BCUT2D eigenvalue weighted by Crippen LogP contribution is 2.15. The summed E-state index contributed by atoms with van der Waals surface area (Å²) in [5.41, 5.74) is 7.77. The maximum Gasteiger partial charge on any atom is 0.246 e. The average Bonchev–Trinajstić information content (AvgIpc) is 2.79. The first-order valence-electron chi connectivity index (χ1n) is 5.16. The number of nitrogen functional groups attached to an aromatic ring is 1. The van der Waals surface area contributed by atoms with Gasteiger partial charge in [-0.1, -0.05) is 0 Å². The number of amides is 1. The van der Waals surface area contributed by atoms with Crippen molar-refractivity contribution in [3.05, 3.63) is 23.7 Å². The number of aryl methyl sites for hydroxylation is 2. The number of aromatic nitrogens is 4. The van der Waals surface area contributed by atoms with E-state index in [9.17, 15) is 4.79 Å². The van der Waals surface area contributed by atoms with Gasteiger partial charge in [0.2, 0.25) is 5.91 Å². The van der Waals surface area contributed by atoms with Gasteiger partial charge in [0, 0.05) is 6.20 Å². The molecule has 0 radical (unpaired) electrons. The van der Waals surface area contributed by atoms with Crippen molar-refractivity contribution in [1.82, 2.24) is 20.0 Å². The summed E-state index contributed by atoms with van der Waals surface area (Å²) in [7, 11) is 0. The maximum absolute atomic E-state index is 11.7. The van der Waals surface area contributed by atoms with Crippen LogP contribution in [0.2, 0.25) is 0 Å². The van der Waals surface area contributed by atoms with E-state index < -0.39 is 0 Å². The van der Waals surface area contributed by atoms with Crippen LogP contribution in [0.1, 0.15) is 11.4 Å². The summed E-state index contributed by atoms with van der Waals surface area (Å²) in [5.74, 6) is 0.231. The molecule has 2 rings (SSSR count). The molecule has 7 heteroatoms. The van der Waals surface area contributed by atoms with E-state index in [-0.39, 0.29) is 12.5 Å². The van der Waals surface area contributed by atoms with Crippen LogP contribution in [0.25, 0.3) is 0 Å². The quantitative estimate of drug-likeness (QED) is 0.717. The lowest BCUT2D eigenvalue weighted by Crippen LogP contribution is -2.19. The van der Waals surface area contributed by atoms with E-state index in [1.807, 2.05) is 13.8 Å². The average molecular weight is 234 g/mol. The van der Waals surface area contributed by atoms with E-state index in [0.717, 1.165) is 17.1 Å². The normalized spacial score (nSPS) is 10.5. The van der Waals surface area contributed by atoms with Gasteiger partial charge in [0.25, 0.3) is 0 Å². The third-order valence-electron chi connectivity index (χ3n) is 2.36. The van der Waals surface area contributed by atoms with Crippen LogP contribution in [-0.4, -0.2) is 25.9 Å². The molecule has 0 spiro atoms. The van der Waals surface area contributed by atoms with E-state index in [0.29, 0.717) is 5.82 Å². The molecule has 0 unspecified atom stereocenters. The highest BCUT2D eigenvalue weighted by molar-refractivity contribution is 5.91. The van der Waals surface area contributed by atoms with E-state index in [1.54, 1.807) is 12.3 Å². The molecule has 17 heavy (non-hydrogen) atoms. The molecular formula is C10H14N6O. The molecule has 1 amide bonds. The third-order valence-corrected chi connectivity index (χ3v) is 2.36. The summed E-state index contributed by atoms with van der Waals surface area (Å²) in [5, 5.41) is 13.5. The molecule has 0 aromatic carbocycles. The number of nitrogens with one attached hydrogen (secondary N) is 2. The molecule has 0 aliphatic rings. The lowest BCUT2D eigenvalue weighted by atomic mass is 10.3. The molecule has 0 fully saturated rings. The van der Waals surface area contributed by atoms with Crippen molar-refractivity contribution in [3.8, 4) is 0 Å². The van der Waals surface area contributed by atoms with Crippen molar-refractivity contribution in [2.75, 3.05) is 11.1 Å². The Morgan fingerprint density at radius 1 is 1.59 bits per heavy atom. The largest absolute Gasteiger partial charge is 0.382 e. The fraction of sp³-hybridized carbons (Fsp3) is 0.300. The Kier molecular flexibility index (Phi) is 2.82. The maximum atomic E-state index is 11.7. The van der Waals surface area contributed by atoms with Gasteiger partial charge in [0.05, 0.1) is 17.1 Å². The van der Waals surface area contributed by atoms with Crippen molar-refractivity contribution in [3.63, 3.8) is 0 Å². The summed E-state index contributed by atoms with van der Waals surface area (Å²) in [4.78, 5) is 11.7. The van der Waals surface area contributed by atoms with Gasteiger partial charge in [-0.3, -0.25) is 14.6 Å². The fourth-order valence-electron chi connectivity index (χ4n) is 1.53. The Hall–Kier alpha value is -2.31. The van der Waals surface area contributed by atoms with Crippen molar-refractivity contribution in [2.24, 2.45) is 0 Å². The first-order chi connectivity index (χ1) is 8.06. The number of hydrogen-bond donors (Lipinski definition) is 3. The first-order valence-corrected chi connectivity index (χ1v) is 5.16. The number of rotatable bonds is 3. The minimum absolute atomic E-state index is 0.126. The van der Waals surface area contributed by atoms with Crippen molar-refractivity contribution in [2.45, 2.75) is 20.4 Å². The molecule has 2 aromatic heterocycles. The standard InChI is InChI=1S/C10H14N6O/c1-6-10(7(2)14-13-6)12-9(17)5-16-4-3-8(11)15-16/h3-4H,5H2,1-2H3,(H2,11,15)(H,12,17)(H,13,14). The molecule has 0 bridgehead atoms. The monoisotopic (exact) mass is 234 g/mol. The van der Waals surface area contributed by atoms with Gasteiger partial charge >= 0.3 is 0 Å². The number of hydrogen-bond acceptors (Lipinski definition) is 4. The predicted octanol–water partition coefficient (Wildman–Crippen LogP) is 0.444. The van der Waals surface area contributed by atoms with Crippen LogP contribution in [0.4, 0.5) is 11.5 Å². The number of carbonyl (C=O) groups is 1. The van der Waals surface area contributed by atoms with Crippen LogP contribution >= 0.6 is 0 Å². The molecular weight excluding hydrogens is 220 g/mol. The smallest absolute Gasteiger partial charge is 0.246 e. The molecule has 0 atom stereocenters. The summed E-state index contributed by atoms with van der Waals surface area (Å²) < 4.78 is 1.48. The minimum atomic E-state index is -0.166. The second-order valence-electron chi connectivity index (χ2n) is 3.80. The van der Waals surface area contributed by atoms with Gasteiger partial charge in [-0.2, -0.15) is 10.2 Å². The van der Waals surface area contributed by atoms with Crippen molar-refractivity contribution in [1.29, 1.82) is 0 Å². The number of nitrogens with two attached hydrogens (primary N) is 1. The zero-order valence-corrected chi connectivity index (χ0v) is 9.69. The van der Waals surface area contributed by atoms with Crippen molar-refractivity contribution >= 4 is 17.4 Å². The van der Waals surface area contributed by atoms with Crippen LogP contribution in [0, 0.1) is 13.8 Å². The summed E-state index contributed by atoms with van der Waals surface area (Å²) in [6.45, 7) is 3.80. The van der Waals surface area contributed by atoms with E-state index >= 15 is 0 Å². The Bertz CT molecular complexity index is 521. The second-order valence-corrected chi connectivity index (χ2v) is 3.80. The van der Waals surface area contributed by atoms with Gasteiger partial charge in [-0.25, -0.2) is 0 Å². The molecule has 0 saturated carbocycles. The summed E-state index contributed by atoms with van der Waals surface area (Å²) >= 11 is 0. The lowest BCUT2D eigenvalue weighted by molar-refractivity contribution is -0.116. The van der Waals surface area contributed by atoms with E-state index in [4.69, 9.17) is 5.73 Å². The van der Waals surface area contributed by atoms with Crippen LogP contribution < -0.4 is 11.1 Å². The number of anilines is 2. The molecule has 0 saturated heterocycles. The van der Waals surface area contributed by atoms with Crippen LogP contribution in [-0.2, 0) is 11.3 Å². The van der Waals surface area contributed by atoms with Crippen LogP contribution in [0.5, 0.6) is 0 Å². The zero-order chi connectivity index (χ0) is 12.4. The van der Waals surface area contributed by atoms with Gasteiger partial charge in [-0.15, -0.1) is 0 Å². The highest BCUT2D eigenvalue weighted by atomic mass is 16.2. The zero-order valence-electron chi connectivity index (χ0n) is 9.69. The third kappa shape index (κ3) is 2.44. The molecule has 90 valence electrons. The molecule has 4 N–H and O–H groups in total. The number of carbonyl (C=O) groups excluding carboxylic acids is 1. The van der Waals surface area contributed by atoms with Crippen LogP contribution in [0.15, 0.2) is 12.3 Å². The number of nitrogens with zero attached hydrogens (tertiary/aromatic N) is 3. The summed E-state index contributed by atoms with van der Waals surface area (Å²) in [6.07, 6.45) is 1.66. The van der Waals surface area contributed by atoms with E-state index in [2.05, 4.69) is 20.6 Å². The van der Waals surface area contributed by atoms with Gasteiger partial charge < -0.3 is 11.1 Å². The molecule has 0 aliphatic carbocycles. The topological polar surface area (TPSA) is 102 Å². The molecule has 7 nitrogen and oxygen atoms in total. The van der Waals surface area contributed by atoms with Gasteiger partial charge in [0.15, 0.2) is 0 Å². The Balaban J connectivity index is 2.03. The molecule has 2 heterocycles. The fourth-order valence-corrected chi connectivity index (χ4v) is 1.53. The Labute approximate surface area is 98.0 Å². The van der Waals surface area contributed by atoms with E-state index in [1.165, 1.54) is 4.68 Å². The summed E-state index contributed by atoms with van der Waals surface area (Å²) in [6, 6.07) is 1.64. The Morgan fingerprint density at radius 2 is 2.35 bits per heavy atom. The van der Waals surface area contributed by atoms with Gasteiger partial charge in [0.1, 0.15) is 12.4 Å². The van der Waals surface area contributed by atoms with Crippen molar-refractivity contribution < 1.29 is 4.79 Å². The van der Waals surface area contributed by atoms with Gasteiger partial charge in [-0.05, 0) is 19.9 Å². The molecule has 0 aliphatic heterocycles. The van der Waals surface area contributed by atoms with Crippen LogP contribution in [0.3, 0.4) is 0 Å². The number of aromatic amines is 1. The lowest BCUT2D eigenvalue weighted by Gasteiger charge is -2.05. The SMILES string of the molecule is Cc1n[nH]c(C)c1NC(=O)Cn1ccc(N)n1. The predicted molar refractivity (Wildman–Crippen MR) is 63.3 cm³/mol. The Morgan fingerprint density at radius 3 is 2.88 bits per heavy atom. The molecule has 2 aromatic rings.